The first-order valence-corrected chi connectivity index (χ1v) is 36.4. The zero-order valence-electron chi connectivity index (χ0n) is 33.8. The van der Waals surface area contributed by atoms with Crippen molar-refractivity contribution in [2.45, 2.75) is 114 Å². The van der Waals surface area contributed by atoms with E-state index in [2.05, 4.69) is 167 Å². The van der Waals surface area contributed by atoms with E-state index in [0.29, 0.717) is 23.7 Å². The van der Waals surface area contributed by atoms with Gasteiger partial charge in [0.05, 0.1) is 0 Å². The zero-order chi connectivity index (χ0) is 37.9. The Balaban J connectivity index is 1.70. The van der Waals surface area contributed by atoms with Crippen molar-refractivity contribution in [3.63, 3.8) is 0 Å². The van der Waals surface area contributed by atoms with Gasteiger partial charge in [0.1, 0.15) is 0 Å². The summed E-state index contributed by atoms with van der Waals surface area (Å²) in [5, 5.41) is 0. The van der Waals surface area contributed by atoms with E-state index >= 15 is 0 Å². The fourth-order valence-corrected chi connectivity index (χ4v) is 41.2. The Hall–Kier alpha value is -1.96. The third kappa shape index (κ3) is 6.29. The van der Waals surface area contributed by atoms with Crippen molar-refractivity contribution in [2.75, 3.05) is 0 Å². The summed E-state index contributed by atoms with van der Waals surface area (Å²) in [6.07, 6.45) is 7.12. The number of fused-ring (bicyclic) bond motifs is 2. The molecule has 6 rings (SSSR count). The van der Waals surface area contributed by atoms with Gasteiger partial charge in [0.25, 0.3) is 0 Å². The molecule has 4 heteroatoms. The monoisotopic (exact) mass is 825 g/mol. The van der Waals surface area contributed by atoms with E-state index in [-0.39, 0.29) is 7.25 Å². The van der Waals surface area contributed by atoms with Crippen LogP contribution in [0.1, 0.15) is 133 Å². The summed E-state index contributed by atoms with van der Waals surface area (Å²) in [7, 11) is 17.9. The summed E-state index contributed by atoms with van der Waals surface area (Å²) >= 11 is -5.01. The van der Waals surface area contributed by atoms with E-state index in [9.17, 15) is 0 Å². The first-order valence-electron chi connectivity index (χ1n) is 20.1. The summed E-state index contributed by atoms with van der Waals surface area (Å²) in [5.74, 6) is -0.269. The molecule has 0 fully saturated rings. The van der Waals surface area contributed by atoms with Crippen LogP contribution < -0.4 is 0 Å². The Morgan fingerprint density at radius 2 is 0.904 bits per heavy atom. The van der Waals surface area contributed by atoms with Crippen LogP contribution in [0.15, 0.2) is 83.9 Å². The van der Waals surface area contributed by atoms with Gasteiger partial charge < -0.3 is 0 Å². The van der Waals surface area contributed by atoms with Crippen LogP contribution >= 0.6 is 17.0 Å². The van der Waals surface area contributed by atoms with Gasteiger partial charge in [-0.15, -0.1) is 0 Å². The van der Waals surface area contributed by atoms with Crippen LogP contribution in [0.4, 0.5) is 0 Å². The number of halogens is 2. The average molecular weight is 828 g/mol. The van der Waals surface area contributed by atoms with Crippen molar-refractivity contribution in [1.29, 1.82) is 0 Å². The van der Waals surface area contributed by atoms with Crippen LogP contribution in [0, 0.1) is 11.8 Å². The number of rotatable bonds is 11. The molecule has 2 aliphatic rings. The SMILES string of the molecule is CCc1ccccc1-c1c(C(C)C)ccc2c1C=C(C(C)C)[CH]2[Zr]([Cl])([Cl])([CH]1C(C(C)C)=Cc2c1ccc(C(C)C)c2-c1ccccc1CC)[SiH](C)C. The Bertz CT molecular complexity index is 1920. The minimum atomic E-state index is -5.01. The fourth-order valence-electron chi connectivity index (χ4n) is 9.75. The predicted octanol–water partition coefficient (Wildman–Crippen LogP) is 15.3. The molecule has 0 amide bonds. The van der Waals surface area contributed by atoms with E-state index in [1.165, 1.54) is 77.9 Å². The van der Waals surface area contributed by atoms with Gasteiger partial charge in [-0.2, -0.15) is 0 Å². The quantitative estimate of drug-likeness (QED) is 0.132. The van der Waals surface area contributed by atoms with Crippen molar-refractivity contribution in [1.82, 2.24) is 0 Å². The second kappa shape index (κ2) is 14.9. The molecule has 0 saturated heterocycles. The van der Waals surface area contributed by atoms with Gasteiger partial charge in [-0.1, -0.05) is 0 Å². The molecule has 4 aromatic carbocycles. The van der Waals surface area contributed by atoms with Crippen molar-refractivity contribution in [2.24, 2.45) is 11.8 Å². The van der Waals surface area contributed by atoms with E-state index in [0.717, 1.165) is 12.8 Å². The van der Waals surface area contributed by atoms with Gasteiger partial charge >= 0.3 is 327 Å². The van der Waals surface area contributed by atoms with Gasteiger partial charge in [-0.25, -0.2) is 0 Å². The van der Waals surface area contributed by atoms with Gasteiger partial charge in [-0.05, 0) is 0 Å². The number of benzene rings is 4. The van der Waals surface area contributed by atoms with Crippen molar-refractivity contribution in [3.8, 4) is 22.3 Å². The summed E-state index contributed by atoms with van der Waals surface area (Å²) in [5.41, 5.74) is 19.6. The Morgan fingerprint density at radius 1 is 0.538 bits per heavy atom. The molecule has 0 spiro atoms. The molecule has 0 bridgehead atoms. The van der Waals surface area contributed by atoms with Crippen molar-refractivity contribution < 1.29 is 15.6 Å². The van der Waals surface area contributed by atoms with E-state index in [1.807, 2.05) is 0 Å². The van der Waals surface area contributed by atoms with Gasteiger partial charge in [0.2, 0.25) is 0 Å². The van der Waals surface area contributed by atoms with Crippen LogP contribution in [-0.2, 0) is 28.4 Å². The van der Waals surface area contributed by atoms with Gasteiger partial charge in [0, 0.05) is 0 Å². The molecule has 2 unspecified atom stereocenters. The zero-order valence-corrected chi connectivity index (χ0v) is 38.9. The maximum absolute atomic E-state index is 8.95. The molecular weight excluding hydrogens is 767 g/mol. The Morgan fingerprint density at radius 3 is 1.21 bits per heavy atom. The van der Waals surface area contributed by atoms with Crippen LogP contribution in [0.25, 0.3) is 34.4 Å². The predicted molar refractivity (Wildman–Crippen MR) is 232 cm³/mol. The van der Waals surface area contributed by atoms with Crippen molar-refractivity contribution >= 4 is 35.1 Å². The summed E-state index contributed by atoms with van der Waals surface area (Å²) in [4.78, 5) is 0. The Labute approximate surface area is 324 Å². The molecule has 2 atom stereocenters. The molecule has 0 radical (unpaired) electrons. The molecule has 275 valence electrons. The molecule has 0 heterocycles. The average Bonchev–Trinajstić information content (AvgIpc) is 3.72. The van der Waals surface area contributed by atoms with Crippen molar-refractivity contribution in [3.05, 3.63) is 128 Å². The molecular formula is C48H61Cl2SiZr. The summed E-state index contributed by atoms with van der Waals surface area (Å²) < 4.78 is 0.129. The molecule has 0 aromatic heterocycles. The number of allylic oxidation sites excluding steroid dienone is 2. The number of aryl methyl sites for hydroxylation is 2. The number of hydrogen-bond donors (Lipinski definition) is 0. The van der Waals surface area contributed by atoms with Crippen LogP contribution in [0.2, 0.25) is 13.1 Å². The third-order valence-corrected chi connectivity index (χ3v) is 64.3. The molecule has 0 saturated carbocycles. The molecule has 0 N–H and O–H groups in total. The van der Waals surface area contributed by atoms with E-state index < -0.39 is 21.5 Å². The summed E-state index contributed by atoms with van der Waals surface area (Å²) in [6.45, 7) is 28.4. The molecule has 0 aliphatic heterocycles. The Kier molecular flexibility index (Phi) is 11.4. The van der Waals surface area contributed by atoms with Gasteiger partial charge in [0.15, 0.2) is 0 Å². The van der Waals surface area contributed by atoms with Crippen LogP contribution in [-0.4, -0.2) is 5.92 Å². The molecule has 4 aromatic rings. The standard InChI is InChI=1S/2C23H27.C2H7Si.2ClH.Zr/c2*1-6-17-9-7-8-10-21(17)23-20(16(4)5)12-11-18-13-19(15(2)3)14-22(18)23;1-3-2;;;/h2*7-16H,6H2,1-5H3;3H,1-2H3;2*1H;/q;;;;;+2/p-2. The molecule has 2 aliphatic carbocycles. The first-order chi connectivity index (χ1) is 24.6. The third-order valence-electron chi connectivity index (χ3n) is 12.7. The molecule has 52 heavy (non-hydrogen) atoms. The normalized spacial score (nSPS) is 17.9. The van der Waals surface area contributed by atoms with Crippen LogP contribution in [0.5, 0.6) is 0 Å². The molecule has 0 nitrogen and oxygen atoms in total. The number of hydrogen-bond acceptors (Lipinski definition) is 0. The fraction of sp³-hybridized carbons (Fsp3) is 0.417. The maximum atomic E-state index is 8.95. The second-order valence-corrected chi connectivity index (χ2v) is 59.7. The summed E-state index contributed by atoms with van der Waals surface area (Å²) in [6, 6.07) is 27.9. The second-order valence-electron chi connectivity index (χ2n) is 17.2. The minimum absolute atomic E-state index is 0.0643. The van der Waals surface area contributed by atoms with E-state index in [4.69, 9.17) is 17.0 Å². The topological polar surface area (TPSA) is 0 Å². The van der Waals surface area contributed by atoms with Crippen LogP contribution in [0.3, 0.4) is 0 Å². The first kappa shape index (κ1) is 39.7. The van der Waals surface area contributed by atoms with Gasteiger partial charge in [-0.3, -0.25) is 0 Å². The van der Waals surface area contributed by atoms with E-state index in [1.54, 1.807) is 0 Å².